The number of aliphatic hydroxyl groups excluding tert-OH is 2. The highest BCUT2D eigenvalue weighted by molar-refractivity contribution is 7.94. The van der Waals surface area contributed by atoms with Gasteiger partial charge in [0.05, 0.1) is 12.5 Å². The van der Waals surface area contributed by atoms with E-state index in [1.54, 1.807) is 55.5 Å². The molecule has 292 valence electrons. The maximum Gasteiger partial charge on any atom is 0.166 e. The Morgan fingerprint density at radius 2 is 1.00 bits per heavy atom. The van der Waals surface area contributed by atoms with E-state index >= 15 is 0 Å². The van der Waals surface area contributed by atoms with E-state index in [2.05, 4.69) is 16.9 Å². The second kappa shape index (κ2) is 16.6. The number of rotatable bonds is 9. The van der Waals surface area contributed by atoms with Crippen LogP contribution in [0.4, 0.5) is 0 Å². The topological polar surface area (TPSA) is 227 Å². The largest absolute Gasteiger partial charge is 0.516 e. The third kappa shape index (κ3) is 7.94. The lowest BCUT2D eigenvalue weighted by Gasteiger charge is -2.15. The molecule has 2 aliphatic carbocycles. The average molecular weight is 823 g/mol. The summed E-state index contributed by atoms with van der Waals surface area (Å²) in [5.74, 6) is 1.20. The summed E-state index contributed by atoms with van der Waals surface area (Å²) in [5, 5.41) is 19.7. The van der Waals surface area contributed by atoms with Crippen LogP contribution in [-0.4, -0.2) is 83.2 Å². The zero-order chi connectivity index (χ0) is 40.4. The normalized spacial score (nSPS) is 20.9. The molecule has 0 radical (unpaired) electrons. The standard InChI is InChI=1S/C40H38N8O6S3/c1-21-5-9-24-25(10-6-21)33-41-32(24)42-34-26(11-7-22(2)55-51)30(15-19-49)38(44-34)47-36-28-13-17-40(4,57(53)54)18-14-29(28)37(46-36)48-39-31(16-20-50)27(35(43-33)45-39)12-8-23(3)56-52/h5-23,49-52H,1-4H3,(H,53,54)(H2,41,42,43,44,45,46,47,48)/b11-7-,12-8-,19-15-,20-16-. The summed E-state index contributed by atoms with van der Waals surface area (Å²) in [6.07, 6.45) is 26.4. The quantitative estimate of drug-likeness (QED) is 0.0608. The molecule has 3 aromatic rings. The van der Waals surface area contributed by atoms with Crippen LogP contribution in [0.25, 0.3) is 69.2 Å². The fourth-order valence-electron chi connectivity index (χ4n) is 6.29. The van der Waals surface area contributed by atoms with E-state index in [1.807, 2.05) is 38.2 Å². The van der Waals surface area contributed by atoms with Crippen LogP contribution in [0.15, 0.2) is 73.3 Å². The van der Waals surface area contributed by atoms with E-state index in [-0.39, 0.29) is 39.4 Å². The molecule has 2 aliphatic heterocycles. The van der Waals surface area contributed by atoms with Gasteiger partial charge in [-0.2, -0.15) is 0 Å². The van der Waals surface area contributed by atoms with Crippen LogP contribution in [-0.2, 0) is 11.1 Å². The molecule has 0 saturated heterocycles. The Morgan fingerprint density at radius 3 is 1.33 bits per heavy atom. The monoisotopic (exact) mass is 822 g/mol. The van der Waals surface area contributed by atoms with Gasteiger partial charge in [0.1, 0.15) is 27.3 Å². The third-order valence-corrected chi connectivity index (χ3v) is 11.5. The molecular formula is C40H38N8O6S3. The lowest BCUT2D eigenvalue weighted by atomic mass is 10.1. The van der Waals surface area contributed by atoms with Gasteiger partial charge in [-0.3, -0.25) is 0 Å². The highest BCUT2D eigenvalue weighted by atomic mass is 32.2. The van der Waals surface area contributed by atoms with Crippen LogP contribution < -0.4 is 0 Å². The van der Waals surface area contributed by atoms with E-state index in [9.17, 15) is 28.1 Å². The van der Waals surface area contributed by atoms with Gasteiger partial charge < -0.3 is 33.8 Å². The van der Waals surface area contributed by atoms with Crippen molar-refractivity contribution in [3.8, 4) is 0 Å². The Balaban J connectivity index is 1.68. The predicted octanol–water partition coefficient (Wildman–Crippen LogP) is 8.86. The van der Waals surface area contributed by atoms with Gasteiger partial charge >= 0.3 is 0 Å². The Kier molecular flexibility index (Phi) is 11.6. The summed E-state index contributed by atoms with van der Waals surface area (Å²) >= 11 is -0.922. The highest BCUT2D eigenvalue weighted by Crippen LogP contribution is 2.37. The number of nitrogens with one attached hydrogen (secondary N) is 2. The number of fused-ring (bicyclic) bond motifs is 12. The second-order valence-electron chi connectivity index (χ2n) is 13.6. The van der Waals surface area contributed by atoms with Crippen LogP contribution in [0.3, 0.4) is 0 Å². The van der Waals surface area contributed by atoms with Crippen molar-refractivity contribution in [3.63, 3.8) is 0 Å². The van der Waals surface area contributed by atoms with Crippen LogP contribution in [0.1, 0.15) is 73.2 Å². The van der Waals surface area contributed by atoms with E-state index in [0.29, 0.717) is 91.6 Å². The van der Waals surface area contributed by atoms with Gasteiger partial charge in [0, 0.05) is 55.0 Å². The summed E-state index contributed by atoms with van der Waals surface area (Å²) in [6, 6.07) is 0. The molecule has 57 heavy (non-hydrogen) atoms. The molecule has 5 heterocycles. The van der Waals surface area contributed by atoms with Crippen molar-refractivity contribution in [2.45, 2.75) is 42.9 Å². The number of aromatic amines is 2. The second-order valence-corrected chi connectivity index (χ2v) is 16.9. The van der Waals surface area contributed by atoms with Gasteiger partial charge in [0.2, 0.25) is 0 Å². The van der Waals surface area contributed by atoms with E-state index in [1.165, 1.54) is 12.2 Å². The number of aromatic nitrogens is 8. The summed E-state index contributed by atoms with van der Waals surface area (Å²) < 4.78 is 41.0. The minimum atomic E-state index is -2.27. The minimum absolute atomic E-state index is 0.103. The molecule has 0 amide bonds. The number of H-pyrrole nitrogens is 2. The van der Waals surface area contributed by atoms with Gasteiger partial charge in [0.25, 0.3) is 0 Å². The van der Waals surface area contributed by atoms with Crippen molar-refractivity contribution in [3.05, 3.63) is 119 Å². The zero-order valence-electron chi connectivity index (χ0n) is 31.0. The maximum absolute atomic E-state index is 12.5. The molecule has 0 fully saturated rings. The smallest absolute Gasteiger partial charge is 0.166 e. The van der Waals surface area contributed by atoms with Gasteiger partial charge in [-0.05, 0) is 62.9 Å². The van der Waals surface area contributed by atoms with Crippen molar-refractivity contribution in [2.75, 3.05) is 0 Å². The molecule has 4 aliphatic rings. The molecule has 0 saturated carbocycles. The summed E-state index contributed by atoms with van der Waals surface area (Å²) in [5.41, 5.74) is 5.67. The number of hydrogen-bond donors (Lipinski definition) is 7. The molecule has 7 rings (SSSR count). The minimum Gasteiger partial charge on any atom is -0.516 e. The Labute approximate surface area is 338 Å². The molecule has 3 aromatic heterocycles. The van der Waals surface area contributed by atoms with Gasteiger partial charge in [-0.1, -0.05) is 79.8 Å². The molecular weight excluding hydrogens is 785 g/mol. The Hall–Kier alpha value is -5.43. The molecule has 7 N–H and O–H groups in total. The van der Waals surface area contributed by atoms with Crippen LogP contribution >= 0.6 is 24.1 Å². The van der Waals surface area contributed by atoms with Crippen molar-refractivity contribution in [1.82, 2.24) is 39.9 Å². The van der Waals surface area contributed by atoms with Gasteiger partial charge in [-0.15, -0.1) is 0 Å². The molecule has 3 unspecified atom stereocenters. The van der Waals surface area contributed by atoms with Gasteiger partial charge in [0.15, 0.2) is 34.4 Å². The van der Waals surface area contributed by atoms with E-state index < -0.39 is 15.8 Å². The number of aliphatic hydroxyl groups is 2. The molecule has 3 atom stereocenters. The summed E-state index contributed by atoms with van der Waals surface area (Å²) in [4.78, 5) is 36.4. The Morgan fingerprint density at radius 1 is 0.649 bits per heavy atom. The molecule has 17 heteroatoms. The van der Waals surface area contributed by atoms with Gasteiger partial charge in [-0.25, -0.2) is 34.1 Å². The fourth-order valence-corrected chi connectivity index (χ4v) is 6.96. The van der Waals surface area contributed by atoms with Crippen LogP contribution in [0.2, 0.25) is 0 Å². The first kappa shape index (κ1) is 39.8. The lowest BCUT2D eigenvalue weighted by Crippen LogP contribution is -2.24. The summed E-state index contributed by atoms with van der Waals surface area (Å²) in [6.45, 7) is 7.33. The first-order chi connectivity index (χ1) is 27.5. The predicted molar refractivity (Wildman–Crippen MR) is 231 cm³/mol. The Bertz CT molecular complexity index is 2480. The van der Waals surface area contributed by atoms with Crippen molar-refractivity contribution in [1.29, 1.82) is 0 Å². The lowest BCUT2D eigenvalue weighted by molar-refractivity contribution is 0.477. The fraction of sp³-hybridized carbons (Fsp3) is 0.200. The van der Waals surface area contributed by atoms with Crippen molar-refractivity contribution < 1.29 is 28.1 Å². The number of nitrogens with zero attached hydrogens (tertiary/aromatic N) is 6. The van der Waals surface area contributed by atoms with Crippen molar-refractivity contribution in [2.24, 2.45) is 5.92 Å². The molecule has 0 spiro atoms. The van der Waals surface area contributed by atoms with E-state index in [4.69, 9.17) is 29.9 Å². The highest BCUT2D eigenvalue weighted by Gasteiger charge is 2.30. The average Bonchev–Trinajstić information content (AvgIpc) is 3.80. The van der Waals surface area contributed by atoms with Crippen molar-refractivity contribution >= 4 is 104 Å². The van der Waals surface area contributed by atoms with Crippen LogP contribution in [0.5, 0.6) is 0 Å². The zero-order valence-corrected chi connectivity index (χ0v) is 33.5. The molecule has 14 nitrogen and oxygen atoms in total. The molecule has 8 bridgehead atoms. The molecule has 0 aromatic carbocycles. The number of allylic oxidation sites excluding steroid dienone is 10. The number of hydrogen-bond acceptors (Lipinski definition) is 13. The summed E-state index contributed by atoms with van der Waals surface area (Å²) in [7, 11) is 0. The first-order valence-corrected chi connectivity index (χ1v) is 20.5. The van der Waals surface area contributed by atoms with E-state index in [0.717, 1.165) is 12.5 Å². The maximum atomic E-state index is 12.5. The third-order valence-electron chi connectivity index (χ3n) is 9.47. The SMILES string of the molecule is CC1C=CC2=C(C=C1)c1nc2nc2[nH]c(nc3nc(nc4[nH]c(n1)c(/C=C\C(C)SO)c4/C=C\O)C1=C3C=CC(C)(S(=O)O)C=C1)c(/C=C\O)c2/C=C\C(C)SO. The van der Waals surface area contributed by atoms with Crippen LogP contribution in [0, 0.1) is 5.92 Å². The first-order valence-electron chi connectivity index (χ1n) is 17.7.